The number of hydrogen-bond acceptors (Lipinski definition) is 4. The Labute approximate surface area is 132 Å². The zero-order valence-corrected chi connectivity index (χ0v) is 13.8. The van der Waals surface area contributed by atoms with Crippen LogP contribution < -0.4 is 10.2 Å². The molecular formula is C17H25N3S. The highest BCUT2D eigenvalue weighted by atomic mass is 32.1. The molecule has 0 aliphatic carbocycles. The fraction of sp³-hybridized carbons (Fsp3) is 0.471. The third kappa shape index (κ3) is 4.83. The predicted octanol–water partition coefficient (Wildman–Crippen LogP) is 4.58. The molecule has 0 unspecified atom stereocenters. The number of unbranched alkanes of at least 4 members (excludes halogenated alkanes) is 1. The molecule has 2 rings (SSSR count). The normalized spacial score (nSPS) is 10.8. The summed E-state index contributed by atoms with van der Waals surface area (Å²) in [6, 6.07) is 10.6. The van der Waals surface area contributed by atoms with Gasteiger partial charge >= 0.3 is 0 Å². The second-order valence-electron chi connectivity index (χ2n) is 5.13. The van der Waals surface area contributed by atoms with Gasteiger partial charge in [-0.1, -0.05) is 38.5 Å². The lowest BCUT2D eigenvalue weighted by molar-refractivity contribution is 0.681. The van der Waals surface area contributed by atoms with Gasteiger partial charge < -0.3 is 10.2 Å². The van der Waals surface area contributed by atoms with E-state index >= 15 is 0 Å². The standard InChI is InChI=1S/C17H25N3S/c1-3-5-12-20(15-9-7-6-8-10-15)17-19-14-16(21-17)13-18-11-4-2/h6-10,14,18H,3-5,11-13H2,1-2H3. The van der Waals surface area contributed by atoms with Crippen molar-refractivity contribution in [3.63, 3.8) is 0 Å². The summed E-state index contributed by atoms with van der Waals surface area (Å²) in [5.74, 6) is 0. The fourth-order valence-corrected chi connectivity index (χ4v) is 3.08. The van der Waals surface area contributed by atoms with Crippen LogP contribution in [0.3, 0.4) is 0 Å². The van der Waals surface area contributed by atoms with Gasteiger partial charge in [0.2, 0.25) is 0 Å². The summed E-state index contributed by atoms with van der Waals surface area (Å²) in [7, 11) is 0. The molecule has 0 aliphatic heterocycles. The van der Waals surface area contributed by atoms with Crippen molar-refractivity contribution >= 4 is 22.2 Å². The van der Waals surface area contributed by atoms with E-state index in [1.54, 1.807) is 11.3 Å². The molecule has 21 heavy (non-hydrogen) atoms. The molecule has 3 nitrogen and oxygen atoms in total. The first kappa shape index (κ1) is 16.0. The summed E-state index contributed by atoms with van der Waals surface area (Å²) in [6.07, 6.45) is 5.54. The Balaban J connectivity index is 2.09. The minimum absolute atomic E-state index is 0.919. The highest BCUT2D eigenvalue weighted by Gasteiger charge is 2.12. The van der Waals surface area contributed by atoms with Gasteiger partial charge in [0.25, 0.3) is 0 Å². The highest BCUT2D eigenvalue weighted by Crippen LogP contribution is 2.29. The molecule has 0 aliphatic rings. The Bertz CT molecular complexity index is 510. The first-order chi connectivity index (χ1) is 10.3. The molecule has 1 aromatic carbocycles. The van der Waals surface area contributed by atoms with E-state index in [9.17, 15) is 0 Å². The van der Waals surface area contributed by atoms with Crippen molar-refractivity contribution < 1.29 is 0 Å². The molecule has 2 aromatic rings. The molecule has 0 atom stereocenters. The molecular weight excluding hydrogens is 278 g/mol. The maximum Gasteiger partial charge on any atom is 0.190 e. The van der Waals surface area contributed by atoms with Gasteiger partial charge in [-0.05, 0) is 31.5 Å². The van der Waals surface area contributed by atoms with Crippen LogP contribution in [0.2, 0.25) is 0 Å². The van der Waals surface area contributed by atoms with Crippen molar-refractivity contribution in [1.82, 2.24) is 10.3 Å². The topological polar surface area (TPSA) is 28.2 Å². The lowest BCUT2D eigenvalue weighted by Crippen LogP contribution is -2.17. The minimum Gasteiger partial charge on any atom is -0.318 e. The van der Waals surface area contributed by atoms with E-state index < -0.39 is 0 Å². The molecule has 0 saturated carbocycles. The van der Waals surface area contributed by atoms with Crippen molar-refractivity contribution in [2.24, 2.45) is 0 Å². The molecule has 0 saturated heterocycles. The maximum absolute atomic E-state index is 4.63. The lowest BCUT2D eigenvalue weighted by atomic mass is 10.2. The van der Waals surface area contributed by atoms with Gasteiger partial charge in [0.15, 0.2) is 5.13 Å². The van der Waals surface area contributed by atoms with Gasteiger partial charge in [-0.15, -0.1) is 11.3 Å². The number of anilines is 2. The average Bonchev–Trinajstić information content (AvgIpc) is 2.98. The van der Waals surface area contributed by atoms with E-state index in [1.807, 2.05) is 6.20 Å². The van der Waals surface area contributed by atoms with E-state index in [0.717, 1.165) is 31.2 Å². The number of benzene rings is 1. The van der Waals surface area contributed by atoms with Crippen LogP contribution in [-0.4, -0.2) is 18.1 Å². The molecule has 0 fully saturated rings. The van der Waals surface area contributed by atoms with Gasteiger partial charge in [0.05, 0.1) is 0 Å². The summed E-state index contributed by atoms with van der Waals surface area (Å²) >= 11 is 1.79. The van der Waals surface area contributed by atoms with E-state index in [1.165, 1.54) is 23.4 Å². The van der Waals surface area contributed by atoms with Crippen molar-refractivity contribution in [2.75, 3.05) is 18.0 Å². The quantitative estimate of drug-likeness (QED) is 0.687. The minimum atomic E-state index is 0.919. The zero-order chi connectivity index (χ0) is 14.9. The number of thiazole rings is 1. The molecule has 0 radical (unpaired) electrons. The number of hydrogen-bond donors (Lipinski definition) is 1. The van der Waals surface area contributed by atoms with Crippen molar-refractivity contribution in [3.8, 4) is 0 Å². The summed E-state index contributed by atoms with van der Waals surface area (Å²) in [5.41, 5.74) is 1.23. The van der Waals surface area contributed by atoms with Gasteiger partial charge in [-0.3, -0.25) is 0 Å². The lowest BCUT2D eigenvalue weighted by Gasteiger charge is -2.21. The van der Waals surface area contributed by atoms with Crippen LogP contribution in [0.4, 0.5) is 10.8 Å². The molecule has 0 amide bonds. The number of nitrogens with zero attached hydrogens (tertiary/aromatic N) is 2. The van der Waals surface area contributed by atoms with Gasteiger partial charge in [-0.2, -0.15) is 0 Å². The molecule has 0 bridgehead atoms. The van der Waals surface area contributed by atoms with Crippen molar-refractivity contribution in [1.29, 1.82) is 0 Å². The second kappa shape index (κ2) is 8.80. The van der Waals surface area contributed by atoms with Crippen LogP contribution >= 0.6 is 11.3 Å². The first-order valence-electron chi connectivity index (χ1n) is 7.83. The van der Waals surface area contributed by atoms with E-state index in [2.05, 4.69) is 59.4 Å². The van der Waals surface area contributed by atoms with E-state index in [0.29, 0.717) is 0 Å². The summed E-state index contributed by atoms with van der Waals surface area (Å²) in [6.45, 7) is 7.42. The van der Waals surface area contributed by atoms with Crippen LogP contribution in [0.25, 0.3) is 0 Å². The van der Waals surface area contributed by atoms with Gasteiger partial charge in [-0.25, -0.2) is 4.98 Å². The molecule has 0 spiro atoms. The van der Waals surface area contributed by atoms with Gasteiger partial charge in [0, 0.05) is 29.9 Å². The first-order valence-corrected chi connectivity index (χ1v) is 8.64. The maximum atomic E-state index is 4.63. The smallest absolute Gasteiger partial charge is 0.190 e. The Kier molecular flexibility index (Phi) is 6.70. The molecule has 1 aromatic heterocycles. The largest absolute Gasteiger partial charge is 0.318 e. The Morgan fingerprint density at radius 3 is 2.67 bits per heavy atom. The van der Waals surface area contributed by atoms with Crippen LogP contribution in [-0.2, 0) is 6.54 Å². The monoisotopic (exact) mass is 303 g/mol. The van der Waals surface area contributed by atoms with Crippen LogP contribution in [0.1, 0.15) is 38.0 Å². The van der Waals surface area contributed by atoms with Crippen LogP contribution in [0, 0.1) is 0 Å². The number of para-hydroxylation sites is 1. The van der Waals surface area contributed by atoms with Crippen LogP contribution in [0.5, 0.6) is 0 Å². The van der Waals surface area contributed by atoms with Gasteiger partial charge in [0.1, 0.15) is 0 Å². The molecule has 4 heteroatoms. The highest BCUT2D eigenvalue weighted by molar-refractivity contribution is 7.15. The summed E-state index contributed by atoms with van der Waals surface area (Å²) in [5, 5.41) is 4.54. The Morgan fingerprint density at radius 1 is 1.14 bits per heavy atom. The molecule has 114 valence electrons. The Morgan fingerprint density at radius 2 is 1.95 bits per heavy atom. The average molecular weight is 303 g/mol. The fourth-order valence-electron chi connectivity index (χ4n) is 2.15. The van der Waals surface area contributed by atoms with E-state index in [-0.39, 0.29) is 0 Å². The zero-order valence-electron chi connectivity index (χ0n) is 13.0. The number of aromatic nitrogens is 1. The third-order valence-corrected chi connectivity index (χ3v) is 4.32. The molecule has 1 N–H and O–H groups in total. The van der Waals surface area contributed by atoms with Crippen LogP contribution in [0.15, 0.2) is 36.5 Å². The summed E-state index contributed by atoms with van der Waals surface area (Å²) in [4.78, 5) is 8.26. The third-order valence-electron chi connectivity index (χ3n) is 3.30. The van der Waals surface area contributed by atoms with Crippen molar-refractivity contribution in [2.45, 2.75) is 39.7 Å². The van der Waals surface area contributed by atoms with Crippen molar-refractivity contribution in [3.05, 3.63) is 41.4 Å². The number of nitrogens with one attached hydrogen (secondary N) is 1. The Hall–Kier alpha value is -1.39. The second-order valence-corrected chi connectivity index (χ2v) is 6.22. The summed E-state index contributed by atoms with van der Waals surface area (Å²) < 4.78 is 0. The SMILES string of the molecule is CCCCN(c1ccccc1)c1ncc(CNCCC)s1. The molecule has 1 heterocycles. The number of rotatable bonds is 9. The predicted molar refractivity (Wildman–Crippen MR) is 92.5 cm³/mol. The van der Waals surface area contributed by atoms with E-state index in [4.69, 9.17) is 0 Å².